The molecule has 25 heavy (non-hydrogen) atoms. The fraction of sp³-hybridized carbons (Fsp3) is 0.450. The zero-order valence-electron chi connectivity index (χ0n) is 14.8. The van der Waals surface area contributed by atoms with Crippen LogP contribution in [0.4, 0.5) is 0 Å². The maximum Gasteiger partial charge on any atom is 0.191 e. The standard InChI is InChI=1S/C20H29N3O2/c24-15-7-2-1-6-13-21-20(22-14-12-19-11-8-16-25-19)23-17-18-9-4-3-5-10-18/h3-5,8-11,16,24H,1-2,6-7,12-15,17H2,(H2,21,22,23). The maximum atomic E-state index is 8.81. The van der Waals surface area contributed by atoms with Gasteiger partial charge in [0.15, 0.2) is 5.96 Å². The van der Waals surface area contributed by atoms with Crippen molar-refractivity contribution in [2.24, 2.45) is 4.99 Å². The second kappa shape index (κ2) is 12.1. The molecule has 2 aromatic rings. The second-order valence-corrected chi connectivity index (χ2v) is 5.97. The predicted molar refractivity (Wildman–Crippen MR) is 102 cm³/mol. The minimum atomic E-state index is 0.283. The number of nitrogens with one attached hydrogen (secondary N) is 2. The highest BCUT2D eigenvalue weighted by Gasteiger charge is 2.01. The minimum absolute atomic E-state index is 0.283. The van der Waals surface area contributed by atoms with Crippen LogP contribution in [0.5, 0.6) is 0 Å². The number of unbranched alkanes of at least 4 members (excludes halogenated alkanes) is 3. The summed E-state index contributed by atoms with van der Waals surface area (Å²) in [7, 11) is 0. The van der Waals surface area contributed by atoms with E-state index in [2.05, 4.69) is 27.8 Å². The fourth-order valence-electron chi connectivity index (χ4n) is 2.48. The predicted octanol–water partition coefficient (Wildman–Crippen LogP) is 3.11. The first-order valence-electron chi connectivity index (χ1n) is 9.08. The Hall–Kier alpha value is -2.27. The molecule has 0 saturated carbocycles. The van der Waals surface area contributed by atoms with Crippen molar-refractivity contribution in [3.63, 3.8) is 0 Å². The van der Waals surface area contributed by atoms with E-state index >= 15 is 0 Å². The molecule has 0 amide bonds. The molecule has 0 bridgehead atoms. The topological polar surface area (TPSA) is 69.8 Å². The summed E-state index contributed by atoms with van der Waals surface area (Å²) in [6.45, 7) is 2.60. The van der Waals surface area contributed by atoms with Crippen molar-refractivity contribution in [2.75, 3.05) is 19.7 Å². The van der Waals surface area contributed by atoms with Crippen LogP contribution in [0.2, 0.25) is 0 Å². The minimum Gasteiger partial charge on any atom is -0.469 e. The molecule has 0 fully saturated rings. The van der Waals surface area contributed by atoms with Gasteiger partial charge in [-0.05, 0) is 30.5 Å². The Kier molecular flexibility index (Phi) is 9.26. The summed E-state index contributed by atoms with van der Waals surface area (Å²) in [4.78, 5) is 4.67. The van der Waals surface area contributed by atoms with E-state index in [0.29, 0.717) is 6.54 Å². The molecule has 3 N–H and O–H groups in total. The van der Waals surface area contributed by atoms with Crippen molar-refractivity contribution in [1.29, 1.82) is 0 Å². The van der Waals surface area contributed by atoms with E-state index in [9.17, 15) is 0 Å². The zero-order valence-corrected chi connectivity index (χ0v) is 14.8. The van der Waals surface area contributed by atoms with Gasteiger partial charge in [-0.15, -0.1) is 0 Å². The first-order chi connectivity index (χ1) is 12.4. The summed E-state index contributed by atoms with van der Waals surface area (Å²) in [5.74, 6) is 1.80. The Bertz CT molecular complexity index is 582. The van der Waals surface area contributed by atoms with Gasteiger partial charge >= 0.3 is 0 Å². The van der Waals surface area contributed by atoms with Crippen molar-refractivity contribution >= 4 is 5.96 Å². The highest BCUT2D eigenvalue weighted by atomic mass is 16.3. The van der Waals surface area contributed by atoms with Crippen LogP contribution in [-0.2, 0) is 13.0 Å². The number of hydrogen-bond donors (Lipinski definition) is 3. The first-order valence-corrected chi connectivity index (χ1v) is 9.08. The zero-order chi connectivity index (χ0) is 17.6. The average Bonchev–Trinajstić information content (AvgIpc) is 3.16. The number of aliphatic imine (C=N–C) groups is 1. The van der Waals surface area contributed by atoms with Crippen molar-refractivity contribution < 1.29 is 9.52 Å². The van der Waals surface area contributed by atoms with E-state index in [1.54, 1.807) is 6.26 Å². The highest BCUT2D eigenvalue weighted by molar-refractivity contribution is 5.79. The quantitative estimate of drug-likeness (QED) is 0.333. The summed E-state index contributed by atoms with van der Waals surface area (Å²) >= 11 is 0. The smallest absolute Gasteiger partial charge is 0.191 e. The number of aliphatic hydroxyl groups is 1. The van der Waals surface area contributed by atoms with Crippen LogP contribution < -0.4 is 10.6 Å². The lowest BCUT2D eigenvalue weighted by Gasteiger charge is -2.12. The van der Waals surface area contributed by atoms with Crippen LogP contribution in [0, 0.1) is 0 Å². The van der Waals surface area contributed by atoms with Gasteiger partial charge in [-0.2, -0.15) is 0 Å². The van der Waals surface area contributed by atoms with Crippen LogP contribution in [0.3, 0.4) is 0 Å². The Balaban J connectivity index is 1.77. The Morgan fingerprint density at radius 1 is 0.920 bits per heavy atom. The van der Waals surface area contributed by atoms with E-state index < -0.39 is 0 Å². The van der Waals surface area contributed by atoms with Gasteiger partial charge in [0.2, 0.25) is 0 Å². The van der Waals surface area contributed by atoms with E-state index in [1.165, 1.54) is 5.56 Å². The van der Waals surface area contributed by atoms with Crippen LogP contribution in [0.25, 0.3) is 0 Å². The number of nitrogens with zero attached hydrogens (tertiary/aromatic N) is 1. The SMILES string of the molecule is OCCCCCCNC(=NCc1ccccc1)NCCc1ccco1. The van der Waals surface area contributed by atoms with Crippen molar-refractivity contribution in [3.05, 3.63) is 60.1 Å². The first kappa shape index (κ1) is 19.1. The van der Waals surface area contributed by atoms with E-state index in [1.807, 2.05) is 30.3 Å². The number of furan rings is 1. The molecule has 0 unspecified atom stereocenters. The second-order valence-electron chi connectivity index (χ2n) is 5.97. The van der Waals surface area contributed by atoms with Crippen LogP contribution >= 0.6 is 0 Å². The summed E-state index contributed by atoms with van der Waals surface area (Å²) in [6, 6.07) is 14.1. The molecule has 2 rings (SSSR count). The van der Waals surface area contributed by atoms with Gasteiger partial charge in [0.1, 0.15) is 5.76 Å². The molecule has 0 aliphatic heterocycles. The molecule has 0 atom stereocenters. The monoisotopic (exact) mass is 343 g/mol. The number of guanidine groups is 1. The lowest BCUT2D eigenvalue weighted by molar-refractivity contribution is 0.282. The largest absolute Gasteiger partial charge is 0.469 e. The Labute approximate surface area is 150 Å². The third-order valence-electron chi connectivity index (χ3n) is 3.88. The molecule has 0 radical (unpaired) electrons. The van der Waals surface area contributed by atoms with Gasteiger partial charge in [-0.1, -0.05) is 43.2 Å². The molecule has 0 spiro atoms. The molecule has 5 heteroatoms. The van der Waals surface area contributed by atoms with E-state index in [0.717, 1.165) is 56.9 Å². The van der Waals surface area contributed by atoms with Gasteiger partial charge in [0.05, 0.1) is 12.8 Å². The third kappa shape index (κ3) is 8.40. The van der Waals surface area contributed by atoms with Gasteiger partial charge in [0.25, 0.3) is 0 Å². The number of hydrogen-bond acceptors (Lipinski definition) is 3. The van der Waals surface area contributed by atoms with Crippen molar-refractivity contribution in [1.82, 2.24) is 10.6 Å². The number of aliphatic hydroxyl groups excluding tert-OH is 1. The van der Waals surface area contributed by atoms with Crippen LogP contribution in [0.15, 0.2) is 58.1 Å². The number of benzene rings is 1. The molecule has 1 aromatic carbocycles. The summed E-state index contributed by atoms with van der Waals surface area (Å²) in [6.07, 6.45) is 6.67. The molecule has 5 nitrogen and oxygen atoms in total. The lowest BCUT2D eigenvalue weighted by Crippen LogP contribution is -2.39. The van der Waals surface area contributed by atoms with Gasteiger partial charge < -0.3 is 20.2 Å². The van der Waals surface area contributed by atoms with Gasteiger partial charge in [0, 0.05) is 26.1 Å². The fourth-order valence-corrected chi connectivity index (χ4v) is 2.48. The number of rotatable bonds is 11. The molecular weight excluding hydrogens is 314 g/mol. The van der Waals surface area contributed by atoms with E-state index in [4.69, 9.17) is 9.52 Å². The third-order valence-corrected chi connectivity index (χ3v) is 3.88. The summed E-state index contributed by atoms with van der Waals surface area (Å²) < 4.78 is 5.36. The van der Waals surface area contributed by atoms with Crippen molar-refractivity contribution in [2.45, 2.75) is 38.6 Å². The molecule has 1 aromatic heterocycles. The normalized spacial score (nSPS) is 11.5. The molecule has 1 heterocycles. The average molecular weight is 343 g/mol. The van der Waals surface area contributed by atoms with Crippen LogP contribution in [-0.4, -0.2) is 30.8 Å². The van der Waals surface area contributed by atoms with Gasteiger partial charge in [-0.25, -0.2) is 4.99 Å². The summed E-state index contributed by atoms with van der Waals surface area (Å²) in [5, 5.41) is 15.6. The highest BCUT2D eigenvalue weighted by Crippen LogP contribution is 2.02. The maximum absolute atomic E-state index is 8.81. The molecular formula is C20H29N3O2. The lowest BCUT2D eigenvalue weighted by atomic mass is 10.2. The van der Waals surface area contributed by atoms with E-state index in [-0.39, 0.29) is 6.61 Å². The molecule has 0 saturated heterocycles. The van der Waals surface area contributed by atoms with Crippen LogP contribution in [0.1, 0.15) is 37.0 Å². The Morgan fingerprint density at radius 3 is 2.48 bits per heavy atom. The summed E-state index contributed by atoms with van der Waals surface area (Å²) in [5.41, 5.74) is 1.19. The van der Waals surface area contributed by atoms with Gasteiger partial charge in [-0.3, -0.25) is 0 Å². The Morgan fingerprint density at radius 2 is 1.72 bits per heavy atom. The molecule has 0 aliphatic rings. The molecule has 136 valence electrons. The van der Waals surface area contributed by atoms with Crippen molar-refractivity contribution in [3.8, 4) is 0 Å². The molecule has 0 aliphatic carbocycles.